The van der Waals surface area contributed by atoms with Gasteiger partial charge in [0.15, 0.2) is 0 Å². The van der Waals surface area contributed by atoms with Crippen LogP contribution in [0.15, 0.2) is 66.7 Å². The van der Waals surface area contributed by atoms with Crippen LogP contribution in [0.5, 0.6) is 0 Å². The zero-order chi connectivity index (χ0) is 23.1. The van der Waals surface area contributed by atoms with Crippen molar-refractivity contribution in [3.8, 4) is 0 Å². The van der Waals surface area contributed by atoms with Crippen LogP contribution in [0.25, 0.3) is 0 Å². The Kier molecular flexibility index (Phi) is 8.14. The predicted molar refractivity (Wildman–Crippen MR) is 133 cm³/mol. The molecule has 7 heteroatoms. The van der Waals surface area contributed by atoms with Crippen molar-refractivity contribution in [3.63, 3.8) is 0 Å². The normalized spacial score (nSPS) is 10.7. The highest BCUT2D eigenvalue weighted by molar-refractivity contribution is 6.39. The highest BCUT2D eigenvalue weighted by Crippen LogP contribution is 2.33. The summed E-state index contributed by atoms with van der Waals surface area (Å²) < 4.78 is 0. The highest BCUT2D eigenvalue weighted by atomic mass is 35.5. The molecule has 3 N–H and O–H groups in total. The number of halogens is 2. The first-order chi connectivity index (χ1) is 15.3. The molecule has 0 aliphatic heterocycles. The molecule has 0 saturated carbocycles. The van der Waals surface area contributed by atoms with Crippen LogP contribution in [0.4, 0.5) is 22.7 Å². The van der Waals surface area contributed by atoms with E-state index in [2.05, 4.69) is 16.0 Å². The number of benzene rings is 3. The fourth-order valence-electron chi connectivity index (χ4n) is 3.15. The highest BCUT2D eigenvalue weighted by Gasteiger charge is 2.12. The topological polar surface area (TPSA) is 70.2 Å². The molecule has 3 aromatic carbocycles. The van der Waals surface area contributed by atoms with E-state index in [1.165, 1.54) is 0 Å². The van der Waals surface area contributed by atoms with Gasteiger partial charge in [-0.15, -0.1) is 0 Å². The molecule has 3 aromatic rings. The SMILES string of the molecule is CC(C)CC(=O)Nc1ccc(NC(=O)Cc2ccccc2Nc2c(Cl)cccc2Cl)cc1. The van der Waals surface area contributed by atoms with Gasteiger partial charge < -0.3 is 16.0 Å². The van der Waals surface area contributed by atoms with Gasteiger partial charge in [0.2, 0.25) is 11.8 Å². The zero-order valence-corrected chi connectivity index (χ0v) is 19.4. The minimum atomic E-state index is -0.166. The Morgan fingerprint density at radius 2 is 1.34 bits per heavy atom. The molecule has 0 heterocycles. The van der Waals surface area contributed by atoms with Crippen LogP contribution in [0.2, 0.25) is 10.0 Å². The average Bonchev–Trinajstić information content (AvgIpc) is 2.73. The second kappa shape index (κ2) is 11.0. The lowest BCUT2D eigenvalue weighted by Crippen LogP contribution is -2.16. The van der Waals surface area contributed by atoms with Gasteiger partial charge in [-0.3, -0.25) is 9.59 Å². The molecule has 0 bridgehead atoms. The number of nitrogens with one attached hydrogen (secondary N) is 3. The van der Waals surface area contributed by atoms with E-state index in [-0.39, 0.29) is 18.2 Å². The van der Waals surface area contributed by atoms with Crippen LogP contribution in [0, 0.1) is 5.92 Å². The Bertz CT molecular complexity index is 1080. The van der Waals surface area contributed by atoms with Crippen LogP contribution in [-0.4, -0.2) is 11.8 Å². The van der Waals surface area contributed by atoms with Crippen LogP contribution in [0.3, 0.4) is 0 Å². The summed E-state index contributed by atoms with van der Waals surface area (Å²) in [5.41, 5.74) is 3.49. The molecule has 2 amide bonds. The van der Waals surface area contributed by atoms with Gasteiger partial charge in [-0.2, -0.15) is 0 Å². The third-order valence-corrected chi connectivity index (χ3v) is 5.27. The third kappa shape index (κ3) is 6.74. The third-order valence-electron chi connectivity index (χ3n) is 4.64. The molecule has 0 aliphatic rings. The van der Waals surface area contributed by atoms with E-state index >= 15 is 0 Å². The first kappa shape index (κ1) is 23.6. The van der Waals surface area contributed by atoms with Gasteiger partial charge >= 0.3 is 0 Å². The van der Waals surface area contributed by atoms with Crippen molar-refractivity contribution < 1.29 is 9.59 Å². The van der Waals surface area contributed by atoms with Gasteiger partial charge in [0, 0.05) is 23.5 Å². The Hall–Kier alpha value is -3.02. The Labute approximate surface area is 198 Å². The van der Waals surface area contributed by atoms with E-state index in [0.717, 1.165) is 11.3 Å². The van der Waals surface area contributed by atoms with Gasteiger partial charge in [-0.25, -0.2) is 0 Å². The second-order valence-electron chi connectivity index (χ2n) is 7.83. The van der Waals surface area contributed by atoms with Gasteiger partial charge in [0.1, 0.15) is 0 Å². The first-order valence-electron chi connectivity index (χ1n) is 10.3. The van der Waals surface area contributed by atoms with Crippen LogP contribution in [0.1, 0.15) is 25.8 Å². The smallest absolute Gasteiger partial charge is 0.228 e. The molecule has 0 unspecified atom stereocenters. The summed E-state index contributed by atoms with van der Waals surface area (Å²) in [6.45, 7) is 3.99. The maximum atomic E-state index is 12.6. The molecule has 0 saturated heterocycles. The van der Waals surface area contributed by atoms with Gasteiger partial charge in [0.05, 0.1) is 22.2 Å². The molecule has 32 heavy (non-hydrogen) atoms. The molecule has 0 aliphatic carbocycles. The summed E-state index contributed by atoms with van der Waals surface area (Å²) in [4.78, 5) is 24.5. The molecule has 0 spiro atoms. The van der Waals surface area contributed by atoms with Crippen molar-refractivity contribution in [2.24, 2.45) is 5.92 Å². The maximum absolute atomic E-state index is 12.6. The number of carbonyl (C=O) groups is 2. The number of rotatable bonds is 8. The lowest BCUT2D eigenvalue weighted by atomic mass is 10.1. The van der Waals surface area contributed by atoms with Crippen molar-refractivity contribution in [3.05, 3.63) is 82.3 Å². The fraction of sp³-hybridized carbons (Fsp3) is 0.200. The minimum absolute atomic E-state index is 0.0282. The minimum Gasteiger partial charge on any atom is -0.353 e. The summed E-state index contributed by atoms with van der Waals surface area (Å²) >= 11 is 12.5. The van der Waals surface area contributed by atoms with E-state index in [4.69, 9.17) is 23.2 Å². The first-order valence-corrected chi connectivity index (χ1v) is 11.1. The Morgan fingerprint density at radius 3 is 1.94 bits per heavy atom. The molecule has 3 rings (SSSR count). The van der Waals surface area contributed by atoms with Crippen molar-refractivity contribution in [2.75, 3.05) is 16.0 Å². The van der Waals surface area contributed by atoms with Crippen molar-refractivity contribution in [1.82, 2.24) is 0 Å². The number of anilines is 4. The van der Waals surface area contributed by atoms with Crippen LogP contribution < -0.4 is 16.0 Å². The lowest BCUT2D eigenvalue weighted by molar-refractivity contribution is -0.117. The fourth-order valence-corrected chi connectivity index (χ4v) is 3.64. The molecule has 0 aromatic heterocycles. The molecule has 5 nitrogen and oxygen atoms in total. The van der Waals surface area contributed by atoms with Crippen LogP contribution >= 0.6 is 23.2 Å². The van der Waals surface area contributed by atoms with Gasteiger partial charge in [0.25, 0.3) is 0 Å². The number of amides is 2. The van der Waals surface area contributed by atoms with E-state index in [9.17, 15) is 9.59 Å². The summed E-state index contributed by atoms with van der Waals surface area (Å²) in [5.74, 6) is 0.0977. The molecule has 0 atom stereocenters. The van der Waals surface area contributed by atoms with Crippen molar-refractivity contribution in [1.29, 1.82) is 0 Å². The zero-order valence-electron chi connectivity index (χ0n) is 17.9. The second-order valence-corrected chi connectivity index (χ2v) is 8.64. The largest absolute Gasteiger partial charge is 0.353 e. The summed E-state index contributed by atoms with van der Waals surface area (Å²) in [5, 5.41) is 9.97. The monoisotopic (exact) mass is 469 g/mol. The molecular weight excluding hydrogens is 445 g/mol. The van der Waals surface area contributed by atoms with Gasteiger partial charge in [-0.05, 0) is 53.9 Å². The maximum Gasteiger partial charge on any atom is 0.228 e. The molecular formula is C25H25Cl2N3O2. The molecule has 0 fully saturated rings. The van der Waals surface area contributed by atoms with Gasteiger partial charge in [-0.1, -0.05) is 61.3 Å². The number of para-hydroxylation sites is 2. The molecule has 166 valence electrons. The predicted octanol–water partition coefficient (Wildman–Crippen LogP) is 6.90. The number of hydrogen-bond acceptors (Lipinski definition) is 3. The van der Waals surface area contributed by atoms with E-state index in [0.29, 0.717) is 39.4 Å². The van der Waals surface area contributed by atoms with E-state index in [1.807, 2.05) is 38.1 Å². The summed E-state index contributed by atoms with van der Waals surface area (Å²) in [7, 11) is 0. The lowest BCUT2D eigenvalue weighted by Gasteiger charge is -2.14. The molecule has 0 radical (unpaired) electrons. The summed E-state index contributed by atoms with van der Waals surface area (Å²) in [6, 6.07) is 19.8. The summed E-state index contributed by atoms with van der Waals surface area (Å²) in [6.07, 6.45) is 0.628. The number of carbonyl (C=O) groups excluding carboxylic acids is 2. The Morgan fingerprint density at radius 1 is 0.781 bits per heavy atom. The van der Waals surface area contributed by atoms with Crippen molar-refractivity contribution >= 4 is 57.8 Å². The Balaban J connectivity index is 1.64. The van der Waals surface area contributed by atoms with Crippen molar-refractivity contribution in [2.45, 2.75) is 26.7 Å². The quantitative estimate of drug-likeness (QED) is 0.335. The van der Waals surface area contributed by atoms with E-state index < -0.39 is 0 Å². The number of hydrogen-bond donors (Lipinski definition) is 3. The van der Waals surface area contributed by atoms with E-state index in [1.54, 1.807) is 42.5 Å². The van der Waals surface area contributed by atoms with Crippen LogP contribution in [-0.2, 0) is 16.0 Å². The average molecular weight is 470 g/mol. The standard InChI is InChI=1S/C25H25Cl2N3O2/c1-16(2)14-23(31)28-18-10-12-19(13-11-18)29-24(32)15-17-6-3-4-9-22(17)30-25-20(26)7-5-8-21(25)27/h3-13,16,30H,14-15H2,1-2H3,(H,28,31)(H,29,32).